The van der Waals surface area contributed by atoms with Gasteiger partial charge in [-0.05, 0) is 54.8 Å². The molecule has 0 amide bonds. The molecule has 3 rings (SSSR count). The Morgan fingerprint density at radius 2 is 1.44 bits per heavy atom. The monoisotopic (exact) mass is 452 g/mol. The van der Waals surface area contributed by atoms with E-state index in [0.717, 1.165) is 46.6 Å². The van der Waals surface area contributed by atoms with Gasteiger partial charge in [0, 0.05) is 5.57 Å². The van der Waals surface area contributed by atoms with E-state index in [-0.39, 0.29) is 11.5 Å². The molecule has 0 fully saturated rings. The summed E-state index contributed by atoms with van der Waals surface area (Å²) in [6, 6.07) is 22.2. The molecule has 3 aromatic rings. The molecular weight excluding hydrogens is 422 g/mol. The van der Waals surface area contributed by atoms with Crippen molar-refractivity contribution in [3.05, 3.63) is 89.5 Å². The van der Waals surface area contributed by atoms with Gasteiger partial charge >= 0.3 is 0 Å². The highest BCUT2D eigenvalue weighted by Crippen LogP contribution is 2.38. The van der Waals surface area contributed by atoms with Crippen LogP contribution in [0.15, 0.2) is 72.8 Å². The summed E-state index contributed by atoms with van der Waals surface area (Å²) >= 11 is 6.84. The van der Waals surface area contributed by atoms with Gasteiger partial charge < -0.3 is 19.4 Å². The molecule has 168 valence electrons. The summed E-state index contributed by atoms with van der Waals surface area (Å²) in [5.41, 5.74) is 3.23. The Bertz CT molecular complexity index is 1060. The zero-order chi connectivity index (χ0) is 23.1. The lowest BCUT2D eigenvalue weighted by molar-refractivity contribution is -0.906. The van der Waals surface area contributed by atoms with E-state index >= 15 is 0 Å². The smallest absolute Gasteiger partial charge is 0.158 e. The van der Waals surface area contributed by atoms with Crippen molar-refractivity contribution in [1.29, 1.82) is 0 Å². The van der Waals surface area contributed by atoms with Gasteiger partial charge in [-0.1, -0.05) is 60.1 Å². The van der Waals surface area contributed by atoms with E-state index < -0.39 is 0 Å². The van der Waals surface area contributed by atoms with Crippen LogP contribution in [0.4, 0.5) is 0 Å². The fraction of sp³-hybridized carbons (Fsp3) is 0.259. The number of phenolic OH excluding ortho intramolecular Hbond substituents is 2. The molecule has 0 aromatic heterocycles. The molecule has 0 spiro atoms. The third-order valence-electron chi connectivity index (χ3n) is 6.08. The highest BCUT2D eigenvalue weighted by Gasteiger charge is 2.17. The van der Waals surface area contributed by atoms with Crippen molar-refractivity contribution >= 4 is 22.2 Å². The highest BCUT2D eigenvalue weighted by atomic mass is 35.5. The largest absolute Gasteiger partial charge is 0.504 e. The predicted octanol–water partition coefficient (Wildman–Crippen LogP) is 6.12. The van der Waals surface area contributed by atoms with Gasteiger partial charge in [-0.2, -0.15) is 0 Å². The fourth-order valence-electron chi connectivity index (χ4n) is 3.47. The molecule has 0 aliphatic heterocycles. The minimum Gasteiger partial charge on any atom is -0.504 e. The first-order valence-electron chi connectivity index (χ1n) is 10.9. The Kier molecular flexibility index (Phi) is 7.84. The van der Waals surface area contributed by atoms with Crippen LogP contribution >= 0.6 is 11.6 Å². The normalized spacial score (nSPS) is 12.4. The van der Waals surface area contributed by atoms with Crippen molar-refractivity contribution in [2.45, 2.75) is 13.8 Å². The molecule has 0 heterocycles. The van der Waals surface area contributed by atoms with Crippen LogP contribution < -0.4 is 4.74 Å². The fourth-order valence-corrected chi connectivity index (χ4v) is 3.81. The minimum atomic E-state index is -0.189. The Balaban J connectivity index is 1.91. The number of nitrogens with zero attached hydrogens (tertiary/aromatic N) is 1. The molecule has 0 bridgehead atoms. The van der Waals surface area contributed by atoms with Crippen LogP contribution in [-0.2, 0) is 0 Å². The summed E-state index contributed by atoms with van der Waals surface area (Å²) in [5.74, 6) is 0.444. The lowest BCUT2D eigenvalue weighted by Crippen LogP contribution is -2.46. The van der Waals surface area contributed by atoms with Crippen LogP contribution in [0.5, 0.6) is 17.2 Å². The number of halogens is 1. The van der Waals surface area contributed by atoms with E-state index in [9.17, 15) is 10.2 Å². The second kappa shape index (κ2) is 10.6. The third-order valence-corrected chi connectivity index (χ3v) is 6.49. The minimum absolute atomic E-state index is 0.169. The van der Waals surface area contributed by atoms with Gasteiger partial charge in [0.05, 0.1) is 25.2 Å². The van der Waals surface area contributed by atoms with Crippen LogP contribution in [0.1, 0.15) is 30.5 Å². The maximum absolute atomic E-state index is 10.1. The van der Waals surface area contributed by atoms with Gasteiger partial charge in [0.15, 0.2) is 11.5 Å². The molecule has 0 unspecified atom stereocenters. The average Bonchev–Trinajstić information content (AvgIpc) is 2.83. The third kappa shape index (κ3) is 5.64. The summed E-state index contributed by atoms with van der Waals surface area (Å²) in [6.45, 7) is 8.14. The van der Waals surface area contributed by atoms with E-state index in [0.29, 0.717) is 17.2 Å². The molecule has 0 radical (unpaired) electrons. The molecule has 32 heavy (non-hydrogen) atoms. The molecule has 3 aromatic carbocycles. The van der Waals surface area contributed by atoms with E-state index in [1.54, 1.807) is 6.07 Å². The first-order chi connectivity index (χ1) is 15.4. The lowest BCUT2D eigenvalue weighted by Gasteiger charge is -2.31. The number of likely N-dealkylation sites (N-methyl/N-ethyl adjacent to an activating group) is 1. The van der Waals surface area contributed by atoms with E-state index in [4.69, 9.17) is 16.3 Å². The van der Waals surface area contributed by atoms with Gasteiger partial charge in [-0.15, -0.1) is 0 Å². The molecule has 0 saturated heterocycles. The van der Waals surface area contributed by atoms with E-state index in [1.807, 2.05) is 54.6 Å². The number of benzene rings is 3. The summed E-state index contributed by atoms with van der Waals surface area (Å²) in [4.78, 5) is 0. The van der Waals surface area contributed by atoms with Crippen LogP contribution in [0.25, 0.3) is 10.6 Å². The Labute approximate surface area is 195 Å². The number of hydrogen-bond acceptors (Lipinski definition) is 3. The number of aromatic hydroxyl groups is 2. The number of phenols is 2. The Hall–Kier alpha value is -2.95. The van der Waals surface area contributed by atoms with Crippen molar-refractivity contribution in [2.75, 3.05) is 33.3 Å². The van der Waals surface area contributed by atoms with Crippen LogP contribution in [0.2, 0.25) is 0 Å². The zero-order valence-corrected chi connectivity index (χ0v) is 19.6. The van der Waals surface area contributed by atoms with Gasteiger partial charge in [-0.3, -0.25) is 0 Å². The first kappa shape index (κ1) is 23.7. The van der Waals surface area contributed by atoms with Crippen molar-refractivity contribution in [3.63, 3.8) is 0 Å². The predicted molar refractivity (Wildman–Crippen MR) is 132 cm³/mol. The van der Waals surface area contributed by atoms with Crippen molar-refractivity contribution < 1.29 is 19.4 Å². The average molecular weight is 453 g/mol. The summed E-state index contributed by atoms with van der Waals surface area (Å²) in [5, 5.41) is 20.4. The molecule has 2 N–H and O–H groups in total. The van der Waals surface area contributed by atoms with Crippen LogP contribution in [0, 0.1) is 0 Å². The first-order valence-corrected chi connectivity index (χ1v) is 11.3. The molecule has 0 atom stereocenters. The maximum atomic E-state index is 10.1. The molecule has 0 aliphatic rings. The van der Waals surface area contributed by atoms with E-state index in [1.165, 1.54) is 12.1 Å². The number of rotatable bonds is 9. The Morgan fingerprint density at radius 1 is 0.812 bits per heavy atom. The summed E-state index contributed by atoms with van der Waals surface area (Å²) < 4.78 is 6.96. The van der Waals surface area contributed by atoms with Gasteiger partial charge in [0.1, 0.15) is 18.9 Å². The van der Waals surface area contributed by atoms with E-state index in [2.05, 4.69) is 20.9 Å². The van der Waals surface area contributed by atoms with Gasteiger partial charge in [0.2, 0.25) is 0 Å². The van der Waals surface area contributed by atoms with Crippen molar-refractivity contribution in [1.82, 2.24) is 0 Å². The molecule has 4 nitrogen and oxygen atoms in total. The number of quaternary nitrogens is 1. The summed E-state index contributed by atoms with van der Waals surface area (Å²) in [6.07, 6.45) is 0. The van der Waals surface area contributed by atoms with Crippen molar-refractivity contribution in [2.24, 2.45) is 0 Å². The highest BCUT2D eigenvalue weighted by molar-refractivity contribution is 6.53. The zero-order valence-electron chi connectivity index (χ0n) is 18.9. The number of ether oxygens (including phenoxy) is 1. The SMILES string of the molecule is CC[N+](C)(CC)CCOc1ccc(/C(=C(/Cl)c2ccccc2)c2ccc(O)c(O)c2)cc1. The maximum Gasteiger partial charge on any atom is 0.158 e. The quantitative estimate of drug-likeness (QED) is 0.233. The van der Waals surface area contributed by atoms with Crippen LogP contribution in [-0.4, -0.2) is 48.0 Å². The Morgan fingerprint density at radius 3 is 2.03 bits per heavy atom. The molecule has 5 heteroatoms. The second-order valence-electron chi connectivity index (χ2n) is 8.11. The lowest BCUT2D eigenvalue weighted by atomic mass is 9.95. The topological polar surface area (TPSA) is 49.7 Å². The summed E-state index contributed by atoms with van der Waals surface area (Å²) in [7, 11) is 2.24. The molecule has 0 saturated carbocycles. The second-order valence-corrected chi connectivity index (χ2v) is 8.48. The van der Waals surface area contributed by atoms with Crippen molar-refractivity contribution in [3.8, 4) is 17.2 Å². The number of hydrogen-bond donors (Lipinski definition) is 2. The van der Waals surface area contributed by atoms with Crippen LogP contribution in [0.3, 0.4) is 0 Å². The standard InChI is InChI=1S/C27H30ClNO3/c1-4-29(3,5-2)17-18-32-23-14-11-20(12-15-23)26(22-13-16-24(30)25(31)19-22)27(28)21-9-7-6-8-10-21/h6-16,19H,4-5,17-18H2,1-3H3,(H-,30,31)/p+1/b27-26-. The van der Waals surface area contributed by atoms with Gasteiger partial charge in [0.25, 0.3) is 0 Å². The molecule has 0 aliphatic carbocycles. The van der Waals surface area contributed by atoms with Gasteiger partial charge in [-0.25, -0.2) is 0 Å². The molecular formula is C27H31ClNO3+.